The molecule has 1 heterocycles. The molecule has 0 atom stereocenters. The maximum atomic E-state index is 10.9. The van der Waals surface area contributed by atoms with E-state index in [1.165, 1.54) is 7.11 Å². The number of hydrogen-bond acceptors (Lipinski definition) is 3. The molecule has 0 unspecified atom stereocenters. The highest BCUT2D eigenvalue weighted by atomic mass is 79.9. The van der Waals surface area contributed by atoms with Crippen molar-refractivity contribution in [3.05, 3.63) is 22.3 Å². The van der Waals surface area contributed by atoms with Gasteiger partial charge in [-0.25, -0.2) is 4.79 Å². The summed E-state index contributed by atoms with van der Waals surface area (Å²) in [7, 11) is 1.37. The summed E-state index contributed by atoms with van der Waals surface area (Å²) in [4.78, 5) is 10.9. The first-order valence-electron chi connectivity index (χ1n) is 3.13. The van der Waals surface area contributed by atoms with E-state index < -0.39 is 0 Å². The number of methoxy groups -OCH3 is 1. The minimum atomic E-state index is -0.302. The topological polar surface area (TPSA) is 38.3 Å². The summed E-state index contributed by atoms with van der Waals surface area (Å²) in [5, 5.41) is 2.98. The largest absolute Gasteiger partial charge is 0.465 e. The first-order valence-corrected chi connectivity index (χ1v) is 3.93. The Morgan fingerprint density at radius 1 is 1.82 bits per heavy atom. The molecule has 3 nitrogen and oxygen atoms in total. The summed E-state index contributed by atoms with van der Waals surface area (Å²) in [6.45, 7) is 0.654. The van der Waals surface area contributed by atoms with E-state index in [0.29, 0.717) is 12.1 Å². The number of rotatable bonds is 1. The minimum absolute atomic E-state index is 0.302. The molecule has 0 aliphatic carbocycles. The van der Waals surface area contributed by atoms with E-state index in [9.17, 15) is 4.79 Å². The van der Waals surface area contributed by atoms with Gasteiger partial charge in [0.1, 0.15) is 0 Å². The number of hydrogen-bond donors (Lipinski definition) is 1. The molecule has 1 rings (SSSR count). The van der Waals surface area contributed by atoms with Gasteiger partial charge in [0.25, 0.3) is 0 Å². The van der Waals surface area contributed by atoms with Gasteiger partial charge in [0.15, 0.2) is 0 Å². The number of dihydropyridines is 1. The lowest BCUT2D eigenvalue weighted by molar-refractivity contribution is -0.135. The monoisotopic (exact) mass is 217 g/mol. The van der Waals surface area contributed by atoms with Crippen LogP contribution in [-0.4, -0.2) is 19.6 Å². The summed E-state index contributed by atoms with van der Waals surface area (Å²) in [5.74, 6) is -0.302. The van der Waals surface area contributed by atoms with Gasteiger partial charge < -0.3 is 10.1 Å². The standard InChI is InChI=1S/C7H8BrNO2/c1-11-7(10)5-2-3-9-6(8)4-5/h2,4,9H,3H2,1H3. The number of esters is 1. The maximum Gasteiger partial charge on any atom is 0.337 e. The van der Waals surface area contributed by atoms with Crippen molar-refractivity contribution in [2.75, 3.05) is 13.7 Å². The first kappa shape index (κ1) is 8.33. The Labute approximate surface area is 73.2 Å². The third-order valence-corrected chi connectivity index (χ3v) is 1.81. The van der Waals surface area contributed by atoms with Gasteiger partial charge in [-0.1, -0.05) is 6.08 Å². The lowest BCUT2D eigenvalue weighted by Crippen LogP contribution is -2.17. The average molecular weight is 218 g/mol. The minimum Gasteiger partial charge on any atom is -0.465 e. The maximum absolute atomic E-state index is 10.9. The Bertz CT molecular complexity index is 233. The van der Waals surface area contributed by atoms with Crippen molar-refractivity contribution in [2.45, 2.75) is 0 Å². The van der Waals surface area contributed by atoms with Gasteiger partial charge in [0.05, 0.1) is 17.3 Å². The molecule has 0 radical (unpaired) electrons. The molecule has 0 bridgehead atoms. The van der Waals surface area contributed by atoms with Crippen LogP contribution in [0, 0.1) is 0 Å². The zero-order valence-electron chi connectivity index (χ0n) is 6.06. The highest BCUT2D eigenvalue weighted by molar-refractivity contribution is 9.11. The molecule has 0 aromatic heterocycles. The van der Waals surface area contributed by atoms with Crippen molar-refractivity contribution in [1.82, 2.24) is 5.32 Å². The molecule has 1 aliphatic rings. The highest BCUT2D eigenvalue weighted by Crippen LogP contribution is 2.11. The van der Waals surface area contributed by atoms with E-state index in [4.69, 9.17) is 0 Å². The van der Waals surface area contributed by atoms with E-state index >= 15 is 0 Å². The van der Waals surface area contributed by atoms with Crippen LogP contribution in [0.1, 0.15) is 0 Å². The van der Waals surface area contributed by atoms with Crippen molar-refractivity contribution in [2.24, 2.45) is 0 Å². The number of nitrogens with one attached hydrogen (secondary N) is 1. The Morgan fingerprint density at radius 2 is 2.55 bits per heavy atom. The molecule has 11 heavy (non-hydrogen) atoms. The predicted octanol–water partition coefficient (Wildman–Crippen LogP) is 0.925. The van der Waals surface area contributed by atoms with Crippen molar-refractivity contribution in [1.29, 1.82) is 0 Å². The zero-order chi connectivity index (χ0) is 8.27. The molecule has 0 saturated heterocycles. The molecule has 1 N–H and O–H groups in total. The summed E-state index contributed by atoms with van der Waals surface area (Å²) in [6.07, 6.45) is 3.46. The molecule has 0 aromatic rings. The molecule has 0 aromatic carbocycles. The molecule has 1 aliphatic heterocycles. The van der Waals surface area contributed by atoms with Gasteiger partial charge in [-0.3, -0.25) is 0 Å². The van der Waals surface area contributed by atoms with Gasteiger partial charge in [0, 0.05) is 6.54 Å². The van der Waals surface area contributed by atoms with E-state index in [-0.39, 0.29) is 5.97 Å². The summed E-state index contributed by atoms with van der Waals surface area (Å²) < 4.78 is 5.34. The number of carbonyl (C=O) groups is 1. The first-order chi connectivity index (χ1) is 5.24. The van der Waals surface area contributed by atoms with Crippen LogP contribution in [-0.2, 0) is 9.53 Å². The quantitative estimate of drug-likeness (QED) is 0.525. The molecule has 60 valence electrons. The summed E-state index contributed by atoms with van der Waals surface area (Å²) in [6, 6.07) is 0. The molecule has 0 saturated carbocycles. The summed E-state index contributed by atoms with van der Waals surface area (Å²) >= 11 is 3.23. The van der Waals surface area contributed by atoms with Crippen LogP contribution < -0.4 is 5.32 Å². The van der Waals surface area contributed by atoms with Gasteiger partial charge in [-0.2, -0.15) is 0 Å². The van der Waals surface area contributed by atoms with E-state index in [1.54, 1.807) is 12.2 Å². The van der Waals surface area contributed by atoms with E-state index in [0.717, 1.165) is 4.61 Å². The lowest BCUT2D eigenvalue weighted by atomic mass is 10.2. The third-order valence-electron chi connectivity index (χ3n) is 1.30. The second-order valence-corrected chi connectivity index (χ2v) is 2.88. The van der Waals surface area contributed by atoms with Gasteiger partial charge in [-0.15, -0.1) is 0 Å². The van der Waals surface area contributed by atoms with E-state index in [2.05, 4.69) is 26.0 Å². The van der Waals surface area contributed by atoms with Crippen LogP contribution in [0.3, 0.4) is 0 Å². The Hall–Kier alpha value is -0.770. The van der Waals surface area contributed by atoms with E-state index in [1.807, 2.05) is 0 Å². The highest BCUT2D eigenvalue weighted by Gasteiger charge is 2.09. The predicted molar refractivity (Wildman–Crippen MR) is 45.1 cm³/mol. The smallest absolute Gasteiger partial charge is 0.337 e. The molecular formula is C7H8BrNO2. The van der Waals surface area contributed by atoms with Crippen molar-refractivity contribution in [3.63, 3.8) is 0 Å². The molecule has 0 fully saturated rings. The van der Waals surface area contributed by atoms with Crippen molar-refractivity contribution in [3.8, 4) is 0 Å². The van der Waals surface area contributed by atoms with Crippen LogP contribution in [0.2, 0.25) is 0 Å². The van der Waals surface area contributed by atoms with Crippen LogP contribution in [0.15, 0.2) is 22.3 Å². The fourth-order valence-corrected chi connectivity index (χ4v) is 1.17. The second-order valence-electron chi connectivity index (χ2n) is 2.02. The lowest BCUT2D eigenvalue weighted by Gasteiger charge is -2.09. The zero-order valence-corrected chi connectivity index (χ0v) is 7.64. The Morgan fingerprint density at radius 3 is 3.09 bits per heavy atom. The molecule has 4 heteroatoms. The SMILES string of the molecule is COC(=O)C1=CCNC(Br)=C1. The second kappa shape index (κ2) is 3.57. The Balaban J connectivity index is 2.73. The van der Waals surface area contributed by atoms with Crippen LogP contribution in [0.4, 0.5) is 0 Å². The normalized spacial score (nSPS) is 16.2. The fourth-order valence-electron chi connectivity index (χ4n) is 0.765. The van der Waals surface area contributed by atoms with Crippen molar-refractivity contribution < 1.29 is 9.53 Å². The summed E-state index contributed by atoms with van der Waals surface area (Å²) in [5.41, 5.74) is 0.582. The third kappa shape index (κ3) is 2.08. The molecule has 0 spiro atoms. The number of halogens is 1. The van der Waals surface area contributed by atoms with Crippen LogP contribution in [0.5, 0.6) is 0 Å². The Kier molecular flexibility index (Phi) is 2.70. The van der Waals surface area contributed by atoms with Gasteiger partial charge in [0.2, 0.25) is 0 Å². The fraction of sp³-hybridized carbons (Fsp3) is 0.286. The van der Waals surface area contributed by atoms with Crippen LogP contribution in [0.25, 0.3) is 0 Å². The number of ether oxygens (including phenoxy) is 1. The molecule has 0 amide bonds. The molecular weight excluding hydrogens is 210 g/mol. The van der Waals surface area contributed by atoms with Crippen LogP contribution >= 0.6 is 15.9 Å². The van der Waals surface area contributed by atoms with Gasteiger partial charge in [-0.05, 0) is 22.0 Å². The van der Waals surface area contributed by atoms with Gasteiger partial charge >= 0.3 is 5.97 Å². The van der Waals surface area contributed by atoms with Crippen molar-refractivity contribution >= 4 is 21.9 Å². The average Bonchev–Trinajstić information content (AvgIpc) is 2.03. The number of carbonyl (C=O) groups excluding carboxylic acids is 1.